The topological polar surface area (TPSA) is 235 Å². The van der Waals surface area contributed by atoms with Gasteiger partial charge in [0.25, 0.3) is 5.56 Å². The first-order valence-corrected chi connectivity index (χ1v) is 14.8. The summed E-state index contributed by atoms with van der Waals surface area (Å²) < 4.78 is 21.0. The van der Waals surface area contributed by atoms with Gasteiger partial charge in [-0.1, -0.05) is 0 Å². The Morgan fingerprint density at radius 3 is 2.82 bits per heavy atom. The Morgan fingerprint density at radius 1 is 1.21 bits per heavy atom. The van der Waals surface area contributed by atoms with Crippen LogP contribution in [-0.4, -0.2) is 86.3 Å². The molecule has 18 heteroatoms. The minimum absolute atomic E-state index is 0.0317. The number of fused-ring (bicyclic) bond motifs is 2. The van der Waals surface area contributed by atoms with Gasteiger partial charge in [0.2, 0.25) is 5.95 Å². The largest absolute Gasteiger partial charge is 0.394 e. The molecule has 0 aromatic carbocycles. The van der Waals surface area contributed by atoms with Crippen LogP contribution in [-0.2, 0) is 25.8 Å². The number of nitrogens with zero attached hydrogens (tertiary/aromatic N) is 6. The number of rotatable bonds is 7. The van der Waals surface area contributed by atoms with E-state index in [9.17, 15) is 19.9 Å². The lowest BCUT2D eigenvalue weighted by atomic mass is 10.2. The van der Waals surface area contributed by atoms with Crippen LogP contribution < -0.4 is 17.0 Å². The first-order chi connectivity index (χ1) is 18.7. The number of aromatic nitrogens is 7. The fourth-order valence-corrected chi connectivity index (χ4v) is 7.40. The molecule has 0 aliphatic carbocycles. The Hall–Kier alpha value is -3.02. The average Bonchev–Trinajstić information content (AvgIpc) is 3.67. The molecule has 2 aliphatic heterocycles. The summed E-state index contributed by atoms with van der Waals surface area (Å²) in [5.41, 5.74) is 11.1. The van der Waals surface area contributed by atoms with Crippen LogP contribution in [0.4, 0.5) is 11.8 Å². The first-order valence-electron chi connectivity index (χ1n) is 12.0. The Labute approximate surface area is 224 Å². The lowest BCUT2D eigenvalue weighted by molar-refractivity contribution is -0.0393. The quantitative estimate of drug-likeness (QED) is 0.149. The molecule has 39 heavy (non-hydrogen) atoms. The lowest BCUT2D eigenvalue weighted by Gasteiger charge is -2.28. The average molecular weight is 580 g/mol. The normalized spacial score (nSPS) is 28.9. The molecule has 208 valence electrons. The molecule has 6 heterocycles. The number of nitrogens with one attached hydrogen (secondary N) is 1. The lowest BCUT2D eigenvalue weighted by Crippen LogP contribution is -2.28. The molecule has 2 unspecified atom stereocenters. The number of ether oxygens (including phenoxy) is 2. The summed E-state index contributed by atoms with van der Waals surface area (Å²) in [4.78, 5) is 42.5. The highest BCUT2D eigenvalue weighted by atomic mass is 32.5. The molecule has 4 aromatic heterocycles. The zero-order valence-corrected chi connectivity index (χ0v) is 22.0. The highest BCUT2D eigenvalue weighted by Gasteiger charge is 2.47. The first kappa shape index (κ1) is 26.2. The van der Waals surface area contributed by atoms with E-state index in [1.54, 1.807) is 16.8 Å². The van der Waals surface area contributed by atoms with Crippen LogP contribution in [0, 0.1) is 0 Å². The Morgan fingerprint density at radius 2 is 2.03 bits per heavy atom. The summed E-state index contributed by atoms with van der Waals surface area (Å²) in [5.74, 6) is 0.217. The van der Waals surface area contributed by atoms with E-state index < -0.39 is 48.5 Å². The maximum atomic E-state index is 12.2. The van der Waals surface area contributed by atoms with Gasteiger partial charge in [0.15, 0.2) is 17.7 Å². The Bertz CT molecular complexity index is 1640. The summed E-state index contributed by atoms with van der Waals surface area (Å²) in [6.45, 7) is -4.14. The number of H-pyrrole nitrogens is 1. The van der Waals surface area contributed by atoms with E-state index in [4.69, 9.17) is 37.3 Å². The van der Waals surface area contributed by atoms with E-state index in [0.717, 1.165) is 0 Å². The molecule has 0 spiro atoms. The summed E-state index contributed by atoms with van der Waals surface area (Å²) in [6.07, 6.45) is 1.05. The van der Waals surface area contributed by atoms with Crippen molar-refractivity contribution in [2.75, 3.05) is 24.7 Å². The van der Waals surface area contributed by atoms with Crippen LogP contribution in [0.1, 0.15) is 25.3 Å². The second-order valence-electron chi connectivity index (χ2n) is 9.42. The van der Waals surface area contributed by atoms with Gasteiger partial charge in [-0.2, -0.15) is 4.98 Å². The molecule has 0 bridgehead atoms. The summed E-state index contributed by atoms with van der Waals surface area (Å²) in [7, 11) is 0. The van der Waals surface area contributed by atoms with E-state index in [0.29, 0.717) is 16.9 Å². The minimum Gasteiger partial charge on any atom is -0.394 e. The predicted molar refractivity (Wildman–Crippen MR) is 141 cm³/mol. The van der Waals surface area contributed by atoms with Crippen LogP contribution >= 0.6 is 6.49 Å². The zero-order chi connectivity index (χ0) is 27.5. The maximum absolute atomic E-state index is 12.2. The summed E-state index contributed by atoms with van der Waals surface area (Å²) in [6, 6.07) is 1.77. The van der Waals surface area contributed by atoms with Crippen molar-refractivity contribution < 1.29 is 29.1 Å². The maximum Gasteiger partial charge on any atom is 0.280 e. The van der Waals surface area contributed by atoms with Gasteiger partial charge in [0.1, 0.15) is 36.4 Å². The van der Waals surface area contributed by atoms with Gasteiger partial charge >= 0.3 is 0 Å². The van der Waals surface area contributed by atoms with Gasteiger partial charge in [-0.05, 0) is 24.3 Å². The number of aliphatic hydroxyl groups is 2. The molecule has 7 atom stereocenters. The molecule has 4 aromatic rings. The SMILES string of the molecule is Nc1nc2c(ncn2C2O[C@H](CO)C[C@H]2P(O)(=S)OC[C@H]2O[C@@H](n3ccc4c(N)ncnc43)C[C@@H]2O)c(=O)[nH]1. The van der Waals surface area contributed by atoms with Gasteiger partial charge < -0.3 is 45.1 Å². The predicted octanol–water partition coefficient (Wildman–Crippen LogP) is -0.656. The number of anilines is 2. The molecule has 6 rings (SSSR count). The van der Waals surface area contributed by atoms with Gasteiger partial charge in [0.05, 0.1) is 42.8 Å². The van der Waals surface area contributed by atoms with Crippen molar-refractivity contribution in [2.24, 2.45) is 0 Å². The van der Waals surface area contributed by atoms with Crippen molar-refractivity contribution in [1.29, 1.82) is 0 Å². The zero-order valence-electron chi connectivity index (χ0n) is 20.3. The van der Waals surface area contributed by atoms with Crippen LogP contribution in [0.15, 0.2) is 29.7 Å². The molecular formula is C21H26N9O7PS. The number of hydrogen-bond donors (Lipinski definition) is 6. The van der Waals surface area contributed by atoms with Gasteiger partial charge in [-0.15, -0.1) is 0 Å². The number of aliphatic hydroxyl groups excluding tert-OH is 2. The van der Waals surface area contributed by atoms with Crippen molar-refractivity contribution in [2.45, 2.75) is 49.3 Å². The molecule has 2 saturated heterocycles. The summed E-state index contributed by atoms with van der Waals surface area (Å²) >= 11 is 5.55. The second kappa shape index (κ2) is 9.87. The molecule has 0 saturated carbocycles. The van der Waals surface area contributed by atoms with E-state index in [1.807, 2.05) is 0 Å². The van der Waals surface area contributed by atoms with Crippen molar-refractivity contribution in [3.63, 3.8) is 0 Å². The number of nitrogens with two attached hydrogens (primary N) is 2. The van der Waals surface area contributed by atoms with E-state index in [1.165, 1.54) is 17.2 Å². The van der Waals surface area contributed by atoms with Crippen molar-refractivity contribution in [3.8, 4) is 0 Å². The fraction of sp³-hybridized carbons (Fsp3) is 0.476. The Balaban J connectivity index is 1.20. The standard InChI is InChI=1S/C21H26N9O7PS/c22-16-10-1-2-29(17(10)25-7-24-16)14-4-11(32)12(37-14)6-35-38(34,39)13-3-9(5-31)36-20(13)30-8-26-15-18(30)27-21(23)28-19(15)33/h1-2,7-9,11-14,20,31-32H,3-6H2,(H,34,39)(H2,22,24,25)(H3,23,27,28,33)/t9-,11-,12+,13+,14+,20?,38?/m0/s1. The molecule has 2 aliphatic rings. The molecule has 16 nitrogen and oxygen atoms in total. The third kappa shape index (κ3) is 4.60. The third-order valence-electron chi connectivity index (χ3n) is 6.99. The van der Waals surface area contributed by atoms with Crippen molar-refractivity contribution in [1.82, 2.24) is 34.1 Å². The minimum atomic E-state index is -3.63. The molecule has 8 N–H and O–H groups in total. The van der Waals surface area contributed by atoms with Crippen LogP contribution in [0.5, 0.6) is 0 Å². The molecule has 2 fully saturated rings. The van der Waals surface area contributed by atoms with Crippen LogP contribution in [0.2, 0.25) is 0 Å². The van der Waals surface area contributed by atoms with Crippen molar-refractivity contribution in [3.05, 3.63) is 35.3 Å². The monoisotopic (exact) mass is 579 g/mol. The smallest absolute Gasteiger partial charge is 0.280 e. The third-order valence-corrected chi connectivity index (χ3v) is 9.94. The second-order valence-corrected chi connectivity index (χ2v) is 13.0. The molecular weight excluding hydrogens is 553 g/mol. The summed E-state index contributed by atoms with van der Waals surface area (Å²) in [5, 5.41) is 21.1. The van der Waals surface area contributed by atoms with Gasteiger partial charge in [-0.3, -0.25) is 14.3 Å². The number of hydrogen-bond acceptors (Lipinski definition) is 13. The highest BCUT2D eigenvalue weighted by Crippen LogP contribution is 2.57. The van der Waals surface area contributed by atoms with Gasteiger partial charge in [-0.25, -0.2) is 15.0 Å². The van der Waals surface area contributed by atoms with E-state index in [2.05, 4.69) is 24.9 Å². The van der Waals surface area contributed by atoms with Crippen molar-refractivity contribution >= 4 is 52.3 Å². The fourth-order valence-electron chi connectivity index (χ4n) is 5.06. The van der Waals surface area contributed by atoms with Crippen LogP contribution in [0.3, 0.4) is 0 Å². The number of aromatic amines is 1. The Kier molecular flexibility index (Phi) is 6.63. The van der Waals surface area contributed by atoms with E-state index in [-0.39, 0.29) is 43.2 Å². The highest BCUT2D eigenvalue weighted by molar-refractivity contribution is 8.09. The molecule has 0 radical (unpaired) electrons. The number of imidazole rings is 1. The number of nitrogen functional groups attached to an aromatic ring is 2. The van der Waals surface area contributed by atoms with E-state index >= 15 is 0 Å². The van der Waals surface area contributed by atoms with Gasteiger partial charge in [0, 0.05) is 12.6 Å². The molecule has 0 amide bonds. The van der Waals surface area contributed by atoms with Crippen LogP contribution in [0.25, 0.3) is 22.2 Å².